The lowest BCUT2D eigenvalue weighted by Gasteiger charge is -2.29. The van der Waals surface area contributed by atoms with Gasteiger partial charge in [-0.25, -0.2) is 4.98 Å². The van der Waals surface area contributed by atoms with Crippen LogP contribution in [0.25, 0.3) is 0 Å². The average molecular weight is 493 g/mol. The van der Waals surface area contributed by atoms with Gasteiger partial charge >= 0.3 is 6.18 Å². The third kappa shape index (κ3) is 5.76. The van der Waals surface area contributed by atoms with E-state index in [9.17, 15) is 18.0 Å². The topological polar surface area (TPSA) is 101 Å². The van der Waals surface area contributed by atoms with E-state index in [4.69, 9.17) is 9.47 Å². The molecule has 3 heterocycles. The van der Waals surface area contributed by atoms with E-state index < -0.39 is 23.7 Å². The molecule has 3 aliphatic rings. The van der Waals surface area contributed by atoms with Crippen LogP contribution >= 0.6 is 0 Å². The molecule has 9 nitrogen and oxygen atoms in total. The second-order valence-electron chi connectivity index (χ2n) is 8.81. The monoisotopic (exact) mass is 492 g/mol. The van der Waals surface area contributed by atoms with Crippen molar-refractivity contribution in [2.24, 2.45) is 0 Å². The molecule has 12 heteroatoms. The fraction of sp³-hybridized carbons (Fsp3) is 0.522. The number of nitrogens with zero attached hydrogens (tertiary/aromatic N) is 3. The van der Waals surface area contributed by atoms with Crippen LogP contribution in [0, 0.1) is 0 Å². The summed E-state index contributed by atoms with van der Waals surface area (Å²) in [6, 6.07) is 6.04. The van der Waals surface area contributed by atoms with Crippen LogP contribution in [0.3, 0.4) is 0 Å². The second kappa shape index (κ2) is 9.86. The minimum absolute atomic E-state index is 0.0185. The average Bonchev–Trinajstić information content (AvgIpc) is 3.68. The summed E-state index contributed by atoms with van der Waals surface area (Å²) in [5, 5.41) is 8.39. The first-order valence-electron chi connectivity index (χ1n) is 11.7. The van der Waals surface area contributed by atoms with E-state index in [0.717, 1.165) is 49.1 Å². The van der Waals surface area contributed by atoms with Crippen molar-refractivity contribution >= 4 is 29.0 Å². The second-order valence-corrected chi connectivity index (χ2v) is 8.81. The number of nitrogens with one attached hydrogen (secondary N) is 3. The maximum Gasteiger partial charge on any atom is 0.421 e. The molecule has 3 N–H and O–H groups in total. The summed E-state index contributed by atoms with van der Waals surface area (Å²) >= 11 is 0. The Morgan fingerprint density at radius 1 is 1.11 bits per heavy atom. The van der Waals surface area contributed by atoms with Gasteiger partial charge in [-0.3, -0.25) is 4.79 Å². The van der Waals surface area contributed by atoms with Gasteiger partial charge in [0.2, 0.25) is 11.9 Å². The van der Waals surface area contributed by atoms with Gasteiger partial charge in [0, 0.05) is 30.7 Å². The van der Waals surface area contributed by atoms with E-state index in [-0.39, 0.29) is 31.5 Å². The van der Waals surface area contributed by atoms with Gasteiger partial charge in [-0.15, -0.1) is 0 Å². The zero-order valence-electron chi connectivity index (χ0n) is 19.0. The first-order valence-corrected chi connectivity index (χ1v) is 11.7. The number of amides is 1. The number of carbonyl (C=O) groups is 1. The van der Waals surface area contributed by atoms with Crippen molar-refractivity contribution in [2.75, 3.05) is 55.1 Å². The van der Waals surface area contributed by atoms with E-state index in [2.05, 4.69) is 36.9 Å². The van der Waals surface area contributed by atoms with Gasteiger partial charge in [0.1, 0.15) is 17.5 Å². The summed E-state index contributed by atoms with van der Waals surface area (Å²) in [5.74, 6) is -0.314. The van der Waals surface area contributed by atoms with Gasteiger partial charge in [0.15, 0.2) is 0 Å². The molecular weight excluding hydrogens is 465 g/mol. The van der Waals surface area contributed by atoms with Crippen LogP contribution < -0.4 is 20.9 Å². The lowest BCUT2D eigenvalue weighted by molar-refractivity contribution is -0.137. The number of rotatable bonds is 6. The Morgan fingerprint density at radius 2 is 1.91 bits per heavy atom. The molecule has 1 saturated carbocycles. The molecule has 2 aliphatic heterocycles. The van der Waals surface area contributed by atoms with Crippen molar-refractivity contribution in [3.8, 4) is 0 Å². The molecule has 2 saturated heterocycles. The number of hydrogen-bond acceptors (Lipinski definition) is 8. The number of aromatic nitrogens is 2. The molecule has 1 aromatic heterocycles. The molecule has 2 aromatic rings. The van der Waals surface area contributed by atoms with Gasteiger partial charge in [-0.05, 0) is 42.5 Å². The fourth-order valence-corrected chi connectivity index (χ4v) is 4.21. The third-order valence-electron chi connectivity index (χ3n) is 6.17. The summed E-state index contributed by atoms with van der Waals surface area (Å²) in [4.78, 5) is 22.1. The molecule has 1 aliphatic carbocycles. The van der Waals surface area contributed by atoms with E-state index in [1.807, 2.05) is 12.1 Å². The fourth-order valence-electron chi connectivity index (χ4n) is 4.21. The highest BCUT2D eigenvalue weighted by Crippen LogP contribution is 2.45. The maximum atomic E-state index is 13.6. The summed E-state index contributed by atoms with van der Waals surface area (Å²) < 4.78 is 51.7. The number of morpholine rings is 1. The van der Waals surface area contributed by atoms with Crippen LogP contribution in [-0.4, -0.2) is 61.6 Å². The molecule has 188 valence electrons. The minimum Gasteiger partial charge on any atom is -0.378 e. The van der Waals surface area contributed by atoms with Crippen molar-refractivity contribution in [1.29, 1.82) is 0 Å². The summed E-state index contributed by atoms with van der Waals surface area (Å²) in [5.41, 5.74) is 1.94. The summed E-state index contributed by atoms with van der Waals surface area (Å²) in [6.07, 6.45) is -2.51. The molecule has 1 unspecified atom stereocenters. The molecule has 1 atom stereocenters. The number of halogens is 3. The molecule has 0 spiro atoms. The SMILES string of the molecule is O=C1CCOCC(Nc2nc(Nc3ccc(N4CCOCC4)cc3C3CC3)ncc2C(F)(F)F)N1. The van der Waals surface area contributed by atoms with Gasteiger partial charge in [0.25, 0.3) is 0 Å². The van der Waals surface area contributed by atoms with Crippen molar-refractivity contribution in [1.82, 2.24) is 15.3 Å². The highest BCUT2D eigenvalue weighted by molar-refractivity contribution is 5.77. The van der Waals surface area contributed by atoms with Crippen LogP contribution in [0.5, 0.6) is 0 Å². The molecule has 5 rings (SSSR count). The van der Waals surface area contributed by atoms with E-state index >= 15 is 0 Å². The van der Waals surface area contributed by atoms with Crippen molar-refractivity contribution in [3.05, 3.63) is 35.5 Å². The summed E-state index contributed by atoms with van der Waals surface area (Å²) in [7, 11) is 0. The standard InChI is InChI=1S/C23H27F3N6O3/c24-23(25,26)17-12-27-22(31-21(17)30-19-13-35-8-5-20(33)29-19)28-18-4-3-15(11-16(18)14-1-2-14)32-6-9-34-10-7-32/h3-4,11-12,14,19H,1-2,5-10,13H2,(H,29,33)(H2,27,28,30,31). The van der Waals surface area contributed by atoms with E-state index in [1.165, 1.54) is 0 Å². The Kier molecular flexibility index (Phi) is 6.65. The molecule has 35 heavy (non-hydrogen) atoms. The lowest BCUT2D eigenvalue weighted by Crippen LogP contribution is -2.42. The van der Waals surface area contributed by atoms with Crippen LogP contribution in [-0.2, 0) is 20.4 Å². The first-order chi connectivity index (χ1) is 16.9. The Morgan fingerprint density at radius 3 is 2.66 bits per heavy atom. The number of benzene rings is 1. The Balaban J connectivity index is 1.40. The first kappa shape index (κ1) is 23.6. The number of carbonyl (C=O) groups excluding carboxylic acids is 1. The maximum absolute atomic E-state index is 13.6. The quantitative estimate of drug-likeness (QED) is 0.565. The normalized spacial score (nSPS) is 21.3. The third-order valence-corrected chi connectivity index (χ3v) is 6.17. The van der Waals surface area contributed by atoms with E-state index in [1.54, 1.807) is 0 Å². The molecule has 1 aromatic carbocycles. The summed E-state index contributed by atoms with van der Waals surface area (Å²) in [6.45, 7) is 3.22. The van der Waals surface area contributed by atoms with Crippen LogP contribution in [0.4, 0.5) is 36.3 Å². The van der Waals surface area contributed by atoms with Gasteiger partial charge in [0.05, 0.1) is 32.8 Å². The van der Waals surface area contributed by atoms with E-state index in [0.29, 0.717) is 19.1 Å². The molecule has 0 bridgehead atoms. The molecule has 0 radical (unpaired) electrons. The van der Waals surface area contributed by atoms with Crippen LogP contribution in [0.2, 0.25) is 0 Å². The zero-order chi connectivity index (χ0) is 24.4. The number of alkyl halides is 3. The minimum atomic E-state index is -4.67. The number of ether oxygens (including phenoxy) is 2. The largest absolute Gasteiger partial charge is 0.421 e. The Labute approximate surface area is 200 Å². The predicted octanol–water partition coefficient (Wildman–Crippen LogP) is 3.23. The highest BCUT2D eigenvalue weighted by atomic mass is 19.4. The predicted molar refractivity (Wildman–Crippen MR) is 123 cm³/mol. The van der Waals surface area contributed by atoms with Crippen LogP contribution in [0.1, 0.15) is 36.3 Å². The van der Waals surface area contributed by atoms with Crippen molar-refractivity contribution in [2.45, 2.75) is 37.5 Å². The van der Waals surface area contributed by atoms with Gasteiger partial charge in [-0.1, -0.05) is 0 Å². The Hall–Kier alpha value is -3.12. The number of anilines is 4. The van der Waals surface area contributed by atoms with Gasteiger partial charge in [-0.2, -0.15) is 18.2 Å². The molecular formula is C23H27F3N6O3. The van der Waals surface area contributed by atoms with Crippen molar-refractivity contribution in [3.63, 3.8) is 0 Å². The van der Waals surface area contributed by atoms with Crippen LogP contribution in [0.15, 0.2) is 24.4 Å². The highest BCUT2D eigenvalue weighted by Gasteiger charge is 2.36. The lowest BCUT2D eigenvalue weighted by atomic mass is 10.1. The number of hydrogen-bond donors (Lipinski definition) is 3. The molecule has 3 fully saturated rings. The van der Waals surface area contributed by atoms with Crippen molar-refractivity contribution < 1.29 is 27.4 Å². The van der Waals surface area contributed by atoms with Gasteiger partial charge < -0.3 is 30.3 Å². The zero-order valence-corrected chi connectivity index (χ0v) is 19.0. The smallest absolute Gasteiger partial charge is 0.378 e. The Bertz CT molecular complexity index is 1070. The molecule has 1 amide bonds.